The van der Waals surface area contributed by atoms with E-state index < -0.39 is 209 Å². The smallest absolute Gasteiger partial charge is 0.330 e. The van der Waals surface area contributed by atoms with Crippen molar-refractivity contribution in [2.24, 2.45) is 17.4 Å². The number of nitrogens with one attached hydrogen (secondary N) is 7. The van der Waals surface area contributed by atoms with Crippen molar-refractivity contribution in [1.82, 2.24) is 37.2 Å². The van der Waals surface area contributed by atoms with Crippen molar-refractivity contribution in [3.63, 3.8) is 0 Å². The molecule has 5 aromatic rings. The van der Waals surface area contributed by atoms with Crippen molar-refractivity contribution in [1.29, 1.82) is 0 Å². The Bertz CT molecular complexity index is 4020. The second kappa shape index (κ2) is 32.0. The molecule has 0 aromatic heterocycles. The third kappa shape index (κ3) is 17.1. The zero-order valence-electron chi connectivity index (χ0n) is 55.4. The first-order valence-corrected chi connectivity index (χ1v) is 32.8. The van der Waals surface area contributed by atoms with Gasteiger partial charge in [-0.1, -0.05) is 61.3 Å². The molecule has 550 valence electrons. The number of primary amides is 1. The number of aromatic hydroxyl groups is 3. The Morgan fingerprint density at radius 3 is 1.93 bits per heavy atom. The summed E-state index contributed by atoms with van der Waals surface area (Å²) >= 11 is 14.0. The Morgan fingerprint density at radius 1 is 0.725 bits per heavy atom. The van der Waals surface area contributed by atoms with Crippen LogP contribution in [0.1, 0.15) is 100 Å². The van der Waals surface area contributed by atoms with E-state index in [4.69, 9.17) is 63.1 Å². The molecule has 21 N–H and O–H groups in total. The number of phenolic OH excluding ortho intramolecular Hbond substituents is 3. The van der Waals surface area contributed by atoms with Crippen molar-refractivity contribution < 1.29 is 118 Å². The molecule has 6 aliphatic heterocycles. The van der Waals surface area contributed by atoms with Gasteiger partial charge < -0.3 is 128 Å². The van der Waals surface area contributed by atoms with Crippen LogP contribution in [0.25, 0.3) is 11.1 Å². The number of phenols is 3. The maximum Gasteiger partial charge on any atom is 0.330 e. The van der Waals surface area contributed by atoms with Crippen LogP contribution in [0.2, 0.25) is 10.0 Å². The molecule has 7 amide bonds. The minimum atomic E-state index is -2.30. The number of rotatable bonds is 13. The molecule has 6 aliphatic rings. The molecule has 6 heterocycles. The van der Waals surface area contributed by atoms with E-state index in [0.29, 0.717) is 0 Å². The van der Waals surface area contributed by atoms with E-state index in [1.54, 1.807) is 0 Å². The molecule has 2 saturated heterocycles. The lowest BCUT2D eigenvalue weighted by molar-refractivity contribution is -0.333. The summed E-state index contributed by atoms with van der Waals surface area (Å²) in [5.74, 6) is -14.4. The molecular weight excluding hydrogens is 1390 g/mol. The summed E-state index contributed by atoms with van der Waals surface area (Å²) in [6, 6.07) is 2.39. The fraction of sp³-hybridized carbons (Fsp3) is 0.433. The number of hydrogen-bond donors (Lipinski definition) is 19. The fourth-order valence-corrected chi connectivity index (χ4v) is 12.6. The van der Waals surface area contributed by atoms with Gasteiger partial charge in [-0.15, -0.1) is 0 Å². The van der Waals surface area contributed by atoms with E-state index in [1.807, 2.05) is 13.8 Å². The predicted molar refractivity (Wildman–Crippen MR) is 356 cm³/mol. The minimum absolute atomic E-state index is 0.102. The van der Waals surface area contributed by atoms with E-state index in [0.717, 1.165) is 55.5 Å². The Balaban J connectivity index is 1.21. The van der Waals surface area contributed by atoms with Crippen molar-refractivity contribution in [3.05, 3.63) is 117 Å². The number of carbonyl (C=O) groups is 8. The number of amides is 7. The van der Waals surface area contributed by atoms with E-state index >= 15 is 4.79 Å². The lowest BCUT2D eigenvalue weighted by atomic mass is 9.86. The topological polar surface area (TPSA) is 530 Å². The van der Waals surface area contributed by atoms with Gasteiger partial charge in [0.1, 0.15) is 89.5 Å². The summed E-state index contributed by atoms with van der Waals surface area (Å²) < 4.78 is 37.6. The maximum atomic E-state index is 15.1. The van der Waals surface area contributed by atoms with Crippen LogP contribution in [-0.4, -0.2) is 197 Å². The molecule has 2 fully saturated rings. The van der Waals surface area contributed by atoms with Gasteiger partial charge in [-0.2, -0.15) is 0 Å². The van der Waals surface area contributed by atoms with Gasteiger partial charge in [0.2, 0.25) is 53.4 Å². The minimum Gasteiger partial charge on any atom is -0.508 e. The van der Waals surface area contributed by atoms with Gasteiger partial charge >= 0.3 is 5.97 Å². The summed E-state index contributed by atoms with van der Waals surface area (Å²) in [5, 5.41) is 130. The molecule has 0 spiro atoms. The molecule has 10 bridgehead atoms. The number of likely N-dealkylation sites (N-methyl/N-ethyl adjacent to an activating group) is 1. The van der Waals surface area contributed by atoms with Crippen LogP contribution in [0.3, 0.4) is 0 Å². The molecule has 10 unspecified atom stereocenters. The highest BCUT2D eigenvalue weighted by molar-refractivity contribution is 6.32. The molecule has 102 heavy (non-hydrogen) atoms. The number of para-hydroxylation sites is 1. The summed E-state index contributed by atoms with van der Waals surface area (Å²) in [5.41, 5.74) is 8.50. The molecule has 18 atom stereocenters. The van der Waals surface area contributed by atoms with Gasteiger partial charge in [0, 0.05) is 34.7 Å². The lowest BCUT2D eigenvalue weighted by Gasteiger charge is -2.47. The zero-order chi connectivity index (χ0) is 74.7. The number of benzene rings is 5. The molecule has 0 saturated carbocycles. The first kappa shape index (κ1) is 77.0. The number of nitrogens with two attached hydrogens (primary N) is 2. The zero-order valence-corrected chi connectivity index (χ0v) is 56.9. The lowest BCUT2D eigenvalue weighted by Crippen LogP contribution is -2.64. The highest BCUT2D eigenvalue weighted by Crippen LogP contribution is 2.48. The van der Waals surface area contributed by atoms with Crippen LogP contribution in [0.15, 0.2) is 84.9 Å². The first-order valence-electron chi connectivity index (χ1n) is 32.0. The standard InChI is InChI=1S/C67H79Cl2N9O24/c1-25(2)16-36(72-6)60(90)77-50-52(84)29-11-14-40(34(68)18-29)98-42-8-7-9-43(56(42)102-66-57(55(87)54(86)44(24-79)100-66)101-46-23-67(5,71)58(88)27(4)97-46)99-41-15-12-30(19-35(41)69)53(85)51-64(94)76-49(65(95)96)33-20-31(80)21-39(82)47(33)32-17-28(10-13-38(32)81)48(62(92)78-51)75-59(89)26(3)73-61(91)37(22-45(70)83)74-63(50)93/h7-15,17-21,25-27,36-37,44,46,48-55,57-58,66,72,79-82,84-88H,16,22-24,71H2,1-6H3,(H2,70,83)(H,73,91)(H,74,93)(H,75,89)(H,76,94)(H,77,90)(H,78,92)(H,95,96)/t26-,27?,36-,37+,44?,46?,48?,49-,50-,51+,52-,53-,54?,55?,57?,58?,66?,67?/m1/s1. The molecule has 0 radical (unpaired) electrons. The third-order valence-electron chi connectivity index (χ3n) is 17.5. The van der Waals surface area contributed by atoms with Crippen LogP contribution in [0.4, 0.5) is 0 Å². The number of aliphatic hydroxyl groups excluding tert-OH is 6. The number of carbonyl (C=O) groups excluding carboxylic acids is 7. The summed E-state index contributed by atoms with van der Waals surface area (Å²) in [7, 11) is 1.47. The second-order valence-corrected chi connectivity index (χ2v) is 26.6. The number of ether oxygens (including phenoxy) is 6. The number of halogens is 2. The largest absolute Gasteiger partial charge is 0.508 e. The van der Waals surface area contributed by atoms with Crippen LogP contribution < -0.4 is 62.9 Å². The molecule has 0 aliphatic carbocycles. The van der Waals surface area contributed by atoms with E-state index in [2.05, 4.69) is 37.2 Å². The maximum absolute atomic E-state index is 15.1. The Kier molecular flexibility index (Phi) is 24.1. The normalized spacial score (nSPS) is 29.1. The third-order valence-corrected chi connectivity index (χ3v) is 18.1. The molecular formula is C67H79Cl2N9O24. The summed E-state index contributed by atoms with van der Waals surface area (Å²) in [6.07, 6.45) is -17.7. The van der Waals surface area contributed by atoms with Crippen LogP contribution in [0.5, 0.6) is 46.0 Å². The highest BCUT2D eigenvalue weighted by atomic mass is 35.5. The van der Waals surface area contributed by atoms with Gasteiger partial charge in [-0.25, -0.2) is 4.79 Å². The highest BCUT2D eigenvalue weighted by Gasteiger charge is 2.51. The van der Waals surface area contributed by atoms with E-state index in [1.165, 1.54) is 57.3 Å². The quantitative estimate of drug-likeness (QED) is 0.0760. The first-order chi connectivity index (χ1) is 48.1. The van der Waals surface area contributed by atoms with Crippen molar-refractivity contribution in [2.45, 2.75) is 163 Å². The van der Waals surface area contributed by atoms with Crippen LogP contribution >= 0.6 is 23.2 Å². The van der Waals surface area contributed by atoms with Gasteiger partial charge in [0.25, 0.3) is 0 Å². The Labute approximate surface area is 591 Å². The Morgan fingerprint density at radius 2 is 1.35 bits per heavy atom. The van der Waals surface area contributed by atoms with Gasteiger partial charge in [0.15, 0.2) is 29.9 Å². The van der Waals surface area contributed by atoms with Crippen LogP contribution in [-0.2, 0) is 52.6 Å². The molecule has 5 aromatic carbocycles. The van der Waals surface area contributed by atoms with E-state index in [9.17, 15) is 84.6 Å². The number of aliphatic hydroxyl groups is 6. The van der Waals surface area contributed by atoms with Gasteiger partial charge in [0.05, 0.1) is 41.3 Å². The van der Waals surface area contributed by atoms with Gasteiger partial charge in [-0.3, -0.25) is 33.6 Å². The monoisotopic (exact) mass is 1460 g/mol. The number of fused-ring (bicyclic) bond motifs is 6. The average molecular weight is 1470 g/mol. The van der Waals surface area contributed by atoms with Crippen LogP contribution in [0, 0.1) is 5.92 Å². The second-order valence-electron chi connectivity index (χ2n) is 25.7. The Hall–Kier alpha value is -9.20. The number of carboxylic acid groups (broad SMARTS) is 1. The molecule has 11 rings (SSSR count). The summed E-state index contributed by atoms with van der Waals surface area (Å²) in [4.78, 5) is 114. The van der Waals surface area contributed by atoms with Crippen molar-refractivity contribution in [2.75, 3.05) is 13.7 Å². The number of hydrogen-bond acceptors (Lipinski definition) is 25. The molecule has 35 heteroatoms. The average Bonchev–Trinajstić information content (AvgIpc) is 0.750. The number of aliphatic carboxylic acids is 1. The van der Waals surface area contributed by atoms with Crippen molar-refractivity contribution >= 4 is 70.5 Å². The summed E-state index contributed by atoms with van der Waals surface area (Å²) in [6.45, 7) is 6.89. The molecule has 33 nitrogen and oxygen atoms in total. The predicted octanol–water partition coefficient (Wildman–Crippen LogP) is 0.440. The van der Waals surface area contributed by atoms with Crippen molar-refractivity contribution in [3.8, 4) is 57.1 Å². The number of carboxylic acids is 1. The SMILES string of the molecule is CN[C@H](CC(C)C)C(=O)N[C@H]1C(=O)N[C@@H](CC(N)=O)C(=O)N[C@H](C)C(=O)NC2C(=O)N[C@H](C(=O)N[C@@H](C(=O)O)c3cc(O)cc(O)c3-c3cc2ccc3O)[C@H](O)c2ccc(c(Cl)c2)Oc2cccc(c2OC2OC(CO)C(O)C(O)C2OC2CC(C)(N)C(O)C(C)O2)Oc2ccc(cc2Cl)[C@H]1O. The van der Waals surface area contributed by atoms with Gasteiger partial charge in [-0.05, 0) is 111 Å². The van der Waals surface area contributed by atoms with E-state index in [-0.39, 0.29) is 68.5 Å². The fourth-order valence-electron chi connectivity index (χ4n) is 12.1.